The van der Waals surface area contributed by atoms with Crippen LogP contribution in [0.1, 0.15) is 28.9 Å². The van der Waals surface area contributed by atoms with E-state index in [1.807, 2.05) is 0 Å². The Morgan fingerprint density at radius 3 is 2.57 bits per heavy atom. The zero-order valence-electron chi connectivity index (χ0n) is 11.8. The Bertz CT molecular complexity index is 783. The smallest absolute Gasteiger partial charge is 0.305 e. The predicted octanol–water partition coefficient (Wildman–Crippen LogP) is 4.53. The average molecular weight is 357 g/mol. The zero-order chi connectivity index (χ0) is 17.1. The quantitative estimate of drug-likeness (QED) is 0.645. The SMILES string of the molecule is C[C@H](NC(=O)c1ccc(F)c([N+](=O)[O-])c1)c1ccc(Cl)cc1Cl. The molecule has 120 valence electrons. The average Bonchev–Trinajstić information content (AvgIpc) is 2.46. The van der Waals surface area contributed by atoms with Gasteiger partial charge in [0.25, 0.3) is 5.91 Å². The molecule has 0 bridgehead atoms. The first-order valence-electron chi connectivity index (χ1n) is 6.49. The Kier molecular flexibility index (Phi) is 5.18. The molecule has 1 N–H and O–H groups in total. The van der Waals surface area contributed by atoms with E-state index in [0.717, 1.165) is 12.1 Å². The highest BCUT2D eigenvalue weighted by Gasteiger charge is 2.19. The minimum absolute atomic E-state index is 0.0185. The molecule has 2 aromatic carbocycles. The fraction of sp³-hybridized carbons (Fsp3) is 0.133. The number of nitrogens with zero attached hydrogens (tertiary/aromatic N) is 1. The van der Waals surface area contributed by atoms with E-state index in [2.05, 4.69) is 5.32 Å². The van der Waals surface area contributed by atoms with E-state index >= 15 is 0 Å². The van der Waals surface area contributed by atoms with Gasteiger partial charge in [-0.25, -0.2) is 0 Å². The summed E-state index contributed by atoms with van der Waals surface area (Å²) >= 11 is 11.9. The molecule has 1 atom stereocenters. The van der Waals surface area contributed by atoms with Gasteiger partial charge in [-0.2, -0.15) is 4.39 Å². The van der Waals surface area contributed by atoms with Crippen molar-refractivity contribution in [3.05, 3.63) is 73.5 Å². The molecule has 0 heterocycles. The molecule has 0 spiro atoms. The summed E-state index contributed by atoms with van der Waals surface area (Å²) < 4.78 is 13.3. The Labute approximate surface area is 141 Å². The lowest BCUT2D eigenvalue weighted by Gasteiger charge is -2.16. The van der Waals surface area contributed by atoms with Crippen LogP contribution in [0.4, 0.5) is 10.1 Å². The predicted molar refractivity (Wildman–Crippen MR) is 85.4 cm³/mol. The van der Waals surface area contributed by atoms with Gasteiger partial charge in [-0.15, -0.1) is 0 Å². The summed E-state index contributed by atoms with van der Waals surface area (Å²) in [4.78, 5) is 22.0. The topological polar surface area (TPSA) is 72.2 Å². The molecule has 0 fully saturated rings. The number of carbonyl (C=O) groups excluding carboxylic acids is 1. The summed E-state index contributed by atoms with van der Waals surface area (Å²) in [5.74, 6) is -1.58. The first-order valence-corrected chi connectivity index (χ1v) is 7.25. The van der Waals surface area contributed by atoms with Crippen LogP contribution >= 0.6 is 23.2 Å². The lowest BCUT2D eigenvalue weighted by Crippen LogP contribution is -2.27. The van der Waals surface area contributed by atoms with Gasteiger partial charge in [0, 0.05) is 21.7 Å². The summed E-state index contributed by atoms with van der Waals surface area (Å²) in [5.41, 5.74) is -0.133. The molecule has 2 aromatic rings. The largest absolute Gasteiger partial charge is 0.345 e. The van der Waals surface area contributed by atoms with Gasteiger partial charge in [0.05, 0.1) is 11.0 Å². The molecule has 0 unspecified atom stereocenters. The van der Waals surface area contributed by atoms with Crippen molar-refractivity contribution >= 4 is 34.8 Å². The Balaban J connectivity index is 2.21. The fourth-order valence-corrected chi connectivity index (χ4v) is 2.58. The van der Waals surface area contributed by atoms with Crippen molar-refractivity contribution in [3.8, 4) is 0 Å². The number of benzene rings is 2. The van der Waals surface area contributed by atoms with Gasteiger partial charge >= 0.3 is 5.69 Å². The third-order valence-corrected chi connectivity index (χ3v) is 3.74. The number of hydrogen-bond acceptors (Lipinski definition) is 3. The van der Waals surface area contributed by atoms with Crippen molar-refractivity contribution in [2.75, 3.05) is 0 Å². The summed E-state index contributed by atoms with van der Waals surface area (Å²) in [6.45, 7) is 1.70. The van der Waals surface area contributed by atoms with Gasteiger partial charge in [-0.05, 0) is 36.8 Å². The van der Waals surface area contributed by atoms with Crippen LogP contribution in [0.25, 0.3) is 0 Å². The highest BCUT2D eigenvalue weighted by atomic mass is 35.5. The molecular weight excluding hydrogens is 346 g/mol. The molecule has 0 saturated carbocycles. The minimum Gasteiger partial charge on any atom is -0.345 e. The number of carbonyl (C=O) groups is 1. The molecule has 1 amide bonds. The van der Waals surface area contributed by atoms with E-state index in [1.165, 1.54) is 6.07 Å². The van der Waals surface area contributed by atoms with E-state index in [-0.39, 0.29) is 5.56 Å². The maximum Gasteiger partial charge on any atom is 0.305 e. The number of rotatable bonds is 4. The first kappa shape index (κ1) is 17.2. The van der Waals surface area contributed by atoms with Crippen molar-refractivity contribution in [1.82, 2.24) is 5.32 Å². The van der Waals surface area contributed by atoms with Gasteiger partial charge in [0.1, 0.15) is 0 Å². The van der Waals surface area contributed by atoms with Gasteiger partial charge in [-0.1, -0.05) is 29.3 Å². The maximum atomic E-state index is 13.3. The number of nitrogens with one attached hydrogen (secondary N) is 1. The molecule has 0 aliphatic heterocycles. The second-order valence-electron chi connectivity index (χ2n) is 4.78. The van der Waals surface area contributed by atoms with Gasteiger partial charge < -0.3 is 5.32 Å². The van der Waals surface area contributed by atoms with E-state index in [9.17, 15) is 19.3 Å². The molecule has 0 aromatic heterocycles. The molecule has 2 rings (SSSR count). The van der Waals surface area contributed by atoms with Crippen molar-refractivity contribution < 1.29 is 14.1 Å². The molecule has 0 aliphatic rings. The zero-order valence-corrected chi connectivity index (χ0v) is 13.4. The van der Waals surface area contributed by atoms with Crippen LogP contribution in [-0.2, 0) is 0 Å². The van der Waals surface area contributed by atoms with Gasteiger partial charge in [0.2, 0.25) is 5.82 Å². The molecule has 0 saturated heterocycles. The van der Waals surface area contributed by atoms with Crippen LogP contribution in [0.2, 0.25) is 10.0 Å². The van der Waals surface area contributed by atoms with E-state index in [1.54, 1.807) is 25.1 Å². The second kappa shape index (κ2) is 6.93. The third kappa shape index (κ3) is 3.97. The second-order valence-corrected chi connectivity index (χ2v) is 5.63. The molecule has 5 nitrogen and oxygen atoms in total. The third-order valence-electron chi connectivity index (χ3n) is 3.18. The number of nitro benzene ring substituents is 1. The molecule has 0 radical (unpaired) electrons. The van der Waals surface area contributed by atoms with Gasteiger partial charge in [-0.3, -0.25) is 14.9 Å². The number of halogens is 3. The highest BCUT2D eigenvalue weighted by molar-refractivity contribution is 6.35. The Hall–Kier alpha value is -2.18. The lowest BCUT2D eigenvalue weighted by molar-refractivity contribution is -0.387. The minimum atomic E-state index is -1.000. The number of nitro groups is 1. The van der Waals surface area contributed by atoms with Crippen molar-refractivity contribution in [3.63, 3.8) is 0 Å². The number of hydrogen-bond donors (Lipinski definition) is 1. The van der Waals surface area contributed by atoms with Crippen LogP contribution in [-0.4, -0.2) is 10.8 Å². The van der Waals surface area contributed by atoms with Crippen molar-refractivity contribution in [2.45, 2.75) is 13.0 Å². The molecule has 23 heavy (non-hydrogen) atoms. The van der Waals surface area contributed by atoms with Crippen LogP contribution in [0.5, 0.6) is 0 Å². The van der Waals surface area contributed by atoms with Crippen molar-refractivity contribution in [2.24, 2.45) is 0 Å². The standard InChI is InChI=1S/C15H11Cl2FN2O3/c1-8(11-4-3-10(16)7-12(11)17)19-15(21)9-2-5-13(18)14(6-9)20(22)23/h2-8H,1H3,(H,19,21)/t8-/m0/s1. The van der Waals surface area contributed by atoms with Crippen molar-refractivity contribution in [1.29, 1.82) is 0 Å². The summed E-state index contributed by atoms with van der Waals surface area (Å²) in [6, 6.07) is 7.33. The monoisotopic (exact) mass is 356 g/mol. The highest BCUT2D eigenvalue weighted by Crippen LogP contribution is 2.26. The van der Waals surface area contributed by atoms with E-state index < -0.39 is 28.4 Å². The van der Waals surface area contributed by atoms with Crippen LogP contribution < -0.4 is 5.32 Å². The van der Waals surface area contributed by atoms with Crippen LogP contribution in [0.15, 0.2) is 36.4 Å². The molecule has 0 aliphatic carbocycles. The fourth-order valence-electron chi connectivity index (χ4n) is 2.00. The van der Waals surface area contributed by atoms with Gasteiger partial charge in [0.15, 0.2) is 0 Å². The van der Waals surface area contributed by atoms with Crippen LogP contribution in [0, 0.1) is 15.9 Å². The normalized spacial score (nSPS) is 11.8. The first-order chi connectivity index (χ1) is 10.8. The van der Waals surface area contributed by atoms with Crippen LogP contribution in [0.3, 0.4) is 0 Å². The number of amides is 1. The summed E-state index contributed by atoms with van der Waals surface area (Å²) in [6.07, 6.45) is 0. The summed E-state index contributed by atoms with van der Waals surface area (Å²) in [7, 11) is 0. The lowest BCUT2D eigenvalue weighted by atomic mass is 10.1. The Morgan fingerprint density at radius 2 is 1.96 bits per heavy atom. The molecule has 8 heteroatoms. The maximum absolute atomic E-state index is 13.3. The van der Waals surface area contributed by atoms with E-state index in [0.29, 0.717) is 15.6 Å². The molecular formula is C15H11Cl2FN2O3. The Morgan fingerprint density at radius 1 is 1.26 bits per heavy atom. The van der Waals surface area contributed by atoms with E-state index in [4.69, 9.17) is 23.2 Å². The summed E-state index contributed by atoms with van der Waals surface area (Å²) in [5, 5.41) is 14.2.